The van der Waals surface area contributed by atoms with Crippen molar-refractivity contribution in [1.82, 2.24) is 14.3 Å². The first-order valence-corrected chi connectivity index (χ1v) is 11.4. The quantitative estimate of drug-likeness (QED) is 0.548. The summed E-state index contributed by atoms with van der Waals surface area (Å²) >= 11 is 1.18. The summed E-state index contributed by atoms with van der Waals surface area (Å²) in [5, 5.41) is 0.406. The van der Waals surface area contributed by atoms with E-state index in [9.17, 15) is 4.79 Å². The summed E-state index contributed by atoms with van der Waals surface area (Å²) in [6.07, 6.45) is 0.637. The molecular weight excluding hydrogens is 426 g/mol. The number of carbonyl (C=O) groups excluding carboxylic acids is 1. The standard InChI is InChI=1S/C24H27N3O4S/c1-15-5-7-18(8-6-15)11-22-25-24(32-26-22)31-21-12-19(9-10-20(21)29-4)23(28)27-13-16(2)30-17(3)14-27/h5-10,12,16-17H,11,13-14H2,1-4H3. The Morgan fingerprint density at radius 2 is 1.84 bits per heavy atom. The maximum Gasteiger partial charge on any atom is 0.298 e. The van der Waals surface area contributed by atoms with E-state index >= 15 is 0 Å². The molecule has 1 saturated heterocycles. The topological polar surface area (TPSA) is 73.8 Å². The average Bonchev–Trinajstić information content (AvgIpc) is 3.21. The lowest BCUT2D eigenvalue weighted by Crippen LogP contribution is -2.48. The van der Waals surface area contributed by atoms with Crippen LogP contribution in [0.25, 0.3) is 0 Å². The summed E-state index contributed by atoms with van der Waals surface area (Å²) in [6.45, 7) is 7.13. The first-order chi connectivity index (χ1) is 15.4. The minimum atomic E-state index is -0.0585. The second-order valence-electron chi connectivity index (χ2n) is 8.07. The second-order valence-corrected chi connectivity index (χ2v) is 8.79. The van der Waals surface area contributed by atoms with Gasteiger partial charge in [-0.1, -0.05) is 29.8 Å². The Morgan fingerprint density at radius 3 is 2.53 bits per heavy atom. The van der Waals surface area contributed by atoms with Crippen molar-refractivity contribution in [3.63, 3.8) is 0 Å². The van der Waals surface area contributed by atoms with Crippen molar-refractivity contribution >= 4 is 17.4 Å². The lowest BCUT2D eigenvalue weighted by Gasteiger charge is -2.35. The van der Waals surface area contributed by atoms with Crippen LogP contribution in [0.15, 0.2) is 42.5 Å². The molecule has 2 aromatic carbocycles. The lowest BCUT2D eigenvalue weighted by molar-refractivity contribution is -0.0586. The first-order valence-electron chi connectivity index (χ1n) is 10.6. The molecule has 32 heavy (non-hydrogen) atoms. The molecular formula is C24H27N3O4S. The van der Waals surface area contributed by atoms with Crippen LogP contribution in [0, 0.1) is 6.92 Å². The summed E-state index contributed by atoms with van der Waals surface area (Å²) in [5.74, 6) is 1.60. The Bertz CT molecular complexity index is 1070. The van der Waals surface area contributed by atoms with E-state index in [1.807, 2.05) is 18.7 Å². The van der Waals surface area contributed by atoms with Gasteiger partial charge in [-0.05, 0) is 44.5 Å². The van der Waals surface area contributed by atoms with Gasteiger partial charge in [0.1, 0.15) is 0 Å². The van der Waals surface area contributed by atoms with Gasteiger partial charge in [0, 0.05) is 36.6 Å². The molecule has 0 saturated carbocycles. The van der Waals surface area contributed by atoms with Gasteiger partial charge < -0.3 is 19.1 Å². The van der Waals surface area contributed by atoms with E-state index in [-0.39, 0.29) is 18.1 Å². The highest BCUT2D eigenvalue weighted by Gasteiger charge is 2.27. The molecule has 4 rings (SSSR count). The number of aromatic nitrogens is 2. The van der Waals surface area contributed by atoms with E-state index < -0.39 is 0 Å². The van der Waals surface area contributed by atoms with Crippen LogP contribution in [0.1, 0.15) is 41.2 Å². The molecule has 1 aliphatic rings. The number of hydrogen-bond acceptors (Lipinski definition) is 7. The molecule has 0 aliphatic carbocycles. The van der Waals surface area contributed by atoms with Gasteiger partial charge in [0.15, 0.2) is 17.3 Å². The molecule has 0 radical (unpaired) electrons. The predicted octanol–water partition coefficient (Wildman–Crippen LogP) is 4.49. The maximum atomic E-state index is 13.1. The van der Waals surface area contributed by atoms with Crippen molar-refractivity contribution < 1.29 is 19.0 Å². The van der Waals surface area contributed by atoms with Crippen molar-refractivity contribution in [2.75, 3.05) is 20.2 Å². The van der Waals surface area contributed by atoms with Crippen LogP contribution >= 0.6 is 11.5 Å². The van der Waals surface area contributed by atoms with Gasteiger partial charge >= 0.3 is 0 Å². The third-order valence-electron chi connectivity index (χ3n) is 5.25. The van der Waals surface area contributed by atoms with Crippen molar-refractivity contribution in [2.24, 2.45) is 0 Å². The minimum Gasteiger partial charge on any atom is -0.493 e. The number of benzene rings is 2. The summed E-state index contributed by atoms with van der Waals surface area (Å²) in [5.41, 5.74) is 2.89. The first kappa shape index (κ1) is 22.2. The van der Waals surface area contributed by atoms with Gasteiger partial charge in [-0.3, -0.25) is 4.79 Å². The summed E-state index contributed by atoms with van der Waals surface area (Å²) in [6, 6.07) is 13.5. The number of methoxy groups -OCH3 is 1. The number of ether oxygens (including phenoxy) is 3. The lowest BCUT2D eigenvalue weighted by atomic mass is 10.1. The molecule has 1 aliphatic heterocycles. The molecule has 168 valence electrons. The van der Waals surface area contributed by atoms with Gasteiger partial charge in [0.05, 0.1) is 19.3 Å². The van der Waals surface area contributed by atoms with Gasteiger partial charge in [0.2, 0.25) is 0 Å². The van der Waals surface area contributed by atoms with Gasteiger partial charge in [-0.25, -0.2) is 0 Å². The maximum absolute atomic E-state index is 13.1. The predicted molar refractivity (Wildman–Crippen MR) is 123 cm³/mol. The number of nitrogens with zero attached hydrogens (tertiary/aromatic N) is 3. The van der Waals surface area contributed by atoms with Crippen LogP contribution in [-0.2, 0) is 11.2 Å². The highest BCUT2D eigenvalue weighted by atomic mass is 32.1. The number of morpholine rings is 1. The van der Waals surface area contributed by atoms with E-state index in [1.165, 1.54) is 17.1 Å². The number of carbonyl (C=O) groups is 1. The van der Waals surface area contributed by atoms with Crippen LogP contribution in [0.4, 0.5) is 0 Å². The van der Waals surface area contributed by atoms with E-state index in [0.29, 0.717) is 47.6 Å². The third-order valence-corrected chi connectivity index (χ3v) is 5.88. The van der Waals surface area contributed by atoms with Crippen LogP contribution in [0.2, 0.25) is 0 Å². The van der Waals surface area contributed by atoms with E-state index in [0.717, 1.165) is 5.56 Å². The van der Waals surface area contributed by atoms with Crippen molar-refractivity contribution in [1.29, 1.82) is 0 Å². The molecule has 2 unspecified atom stereocenters. The largest absolute Gasteiger partial charge is 0.493 e. The van der Waals surface area contributed by atoms with Crippen LogP contribution in [0.3, 0.4) is 0 Å². The summed E-state index contributed by atoms with van der Waals surface area (Å²) in [4.78, 5) is 19.4. The fraction of sp³-hybridized carbons (Fsp3) is 0.375. The molecule has 0 N–H and O–H groups in total. The van der Waals surface area contributed by atoms with Gasteiger partial charge in [-0.2, -0.15) is 9.36 Å². The Balaban J connectivity index is 1.50. The fourth-order valence-corrected chi connectivity index (χ4v) is 4.31. The average molecular weight is 454 g/mol. The van der Waals surface area contributed by atoms with E-state index in [4.69, 9.17) is 14.2 Å². The molecule has 2 atom stereocenters. The highest BCUT2D eigenvalue weighted by molar-refractivity contribution is 7.07. The molecule has 0 spiro atoms. The van der Waals surface area contributed by atoms with E-state index in [1.54, 1.807) is 25.3 Å². The molecule has 1 amide bonds. The molecule has 0 bridgehead atoms. The molecule has 2 heterocycles. The minimum absolute atomic E-state index is 0.00464. The molecule has 1 fully saturated rings. The number of hydrogen-bond donors (Lipinski definition) is 0. The second kappa shape index (κ2) is 9.67. The fourth-order valence-electron chi connectivity index (χ4n) is 3.75. The van der Waals surface area contributed by atoms with Crippen LogP contribution in [0.5, 0.6) is 16.7 Å². The third kappa shape index (κ3) is 5.26. The smallest absolute Gasteiger partial charge is 0.298 e. The molecule has 8 heteroatoms. The van der Waals surface area contributed by atoms with Crippen molar-refractivity contribution in [2.45, 2.75) is 39.4 Å². The SMILES string of the molecule is COc1ccc(C(=O)N2CC(C)OC(C)C2)cc1Oc1nc(Cc2ccc(C)cc2)ns1. The normalized spacial score (nSPS) is 18.4. The van der Waals surface area contributed by atoms with Crippen LogP contribution < -0.4 is 9.47 Å². The monoisotopic (exact) mass is 453 g/mol. The van der Waals surface area contributed by atoms with Gasteiger partial charge in [-0.15, -0.1) is 0 Å². The molecule has 1 aromatic heterocycles. The van der Waals surface area contributed by atoms with Crippen LogP contribution in [-0.4, -0.2) is 52.6 Å². The number of rotatable bonds is 6. The number of amides is 1. The highest BCUT2D eigenvalue weighted by Crippen LogP contribution is 2.34. The Kier molecular flexibility index (Phi) is 6.72. The zero-order valence-electron chi connectivity index (χ0n) is 18.7. The summed E-state index contributed by atoms with van der Waals surface area (Å²) < 4.78 is 21.6. The number of aryl methyl sites for hydroxylation is 1. The van der Waals surface area contributed by atoms with E-state index in [2.05, 4.69) is 40.5 Å². The summed E-state index contributed by atoms with van der Waals surface area (Å²) in [7, 11) is 1.57. The van der Waals surface area contributed by atoms with Crippen molar-refractivity contribution in [3.8, 4) is 16.7 Å². The molecule has 3 aromatic rings. The zero-order chi connectivity index (χ0) is 22.7. The Morgan fingerprint density at radius 1 is 1.12 bits per heavy atom. The molecule has 7 nitrogen and oxygen atoms in total. The van der Waals surface area contributed by atoms with Crippen molar-refractivity contribution in [3.05, 3.63) is 65.0 Å². The Labute approximate surface area is 192 Å². The zero-order valence-corrected chi connectivity index (χ0v) is 19.5. The van der Waals surface area contributed by atoms with Gasteiger partial charge in [0.25, 0.3) is 11.1 Å². The Hall–Kier alpha value is -2.97.